The summed E-state index contributed by atoms with van der Waals surface area (Å²) in [5.74, 6) is -0.935. The van der Waals surface area contributed by atoms with Crippen LogP contribution in [0.2, 0.25) is 0 Å². The number of benzene rings is 1. The van der Waals surface area contributed by atoms with E-state index in [-0.39, 0.29) is 11.3 Å². The molecule has 1 aromatic rings. The van der Waals surface area contributed by atoms with Crippen molar-refractivity contribution < 1.29 is 9.18 Å². The molecule has 0 aliphatic carbocycles. The van der Waals surface area contributed by atoms with Crippen molar-refractivity contribution in [3.8, 4) is 6.07 Å². The molecule has 0 saturated carbocycles. The van der Waals surface area contributed by atoms with Crippen molar-refractivity contribution in [1.82, 2.24) is 0 Å². The Kier molecular flexibility index (Phi) is 2.98. The molecule has 0 radical (unpaired) electrons. The van der Waals surface area contributed by atoms with E-state index in [2.05, 4.69) is 0 Å². The number of ketones is 1. The number of hydrogen-bond donors (Lipinski definition) is 0. The molecule has 1 aromatic carbocycles. The molecule has 0 unspecified atom stereocenters. The lowest BCUT2D eigenvalue weighted by Crippen LogP contribution is -2.02. The van der Waals surface area contributed by atoms with Crippen LogP contribution in [0.4, 0.5) is 4.39 Å². The first-order valence-corrected chi connectivity index (χ1v) is 4.55. The van der Waals surface area contributed by atoms with Gasteiger partial charge < -0.3 is 0 Å². The summed E-state index contributed by atoms with van der Waals surface area (Å²) < 4.78 is 13.5. The Hall–Kier alpha value is -0.960. The maximum Gasteiger partial charge on any atom is 0.163 e. The van der Waals surface area contributed by atoms with Crippen molar-refractivity contribution in [2.24, 2.45) is 0 Å². The molecule has 0 N–H and O–H groups in total. The van der Waals surface area contributed by atoms with E-state index in [1.54, 1.807) is 22.6 Å². The van der Waals surface area contributed by atoms with Crippen molar-refractivity contribution in [2.75, 3.05) is 0 Å². The van der Waals surface area contributed by atoms with Crippen LogP contribution in [0, 0.1) is 20.7 Å². The number of halogens is 2. The summed E-state index contributed by atoms with van der Waals surface area (Å²) in [5, 5.41) is 8.63. The molecule has 0 spiro atoms. The molecule has 0 saturated heterocycles. The highest BCUT2D eigenvalue weighted by molar-refractivity contribution is 14.1. The number of hydrogen-bond acceptors (Lipinski definition) is 2. The maximum absolute atomic E-state index is 13.1. The minimum absolute atomic E-state index is 0.000324. The minimum atomic E-state index is -0.573. The van der Waals surface area contributed by atoms with E-state index in [1.807, 2.05) is 6.07 Å². The number of rotatable bonds is 1. The standard InChI is InChI=1S/C9H5FINO/c1-5(13)8-7(10)3-2-6(4-12)9(8)11/h2-3H,1H3. The van der Waals surface area contributed by atoms with Gasteiger partial charge in [-0.15, -0.1) is 0 Å². The summed E-state index contributed by atoms with van der Waals surface area (Å²) in [5.41, 5.74) is 0.326. The topological polar surface area (TPSA) is 40.9 Å². The van der Waals surface area contributed by atoms with E-state index in [4.69, 9.17) is 5.26 Å². The summed E-state index contributed by atoms with van der Waals surface area (Å²) in [6, 6.07) is 4.39. The van der Waals surface area contributed by atoms with Gasteiger partial charge in [-0.1, -0.05) is 0 Å². The van der Waals surface area contributed by atoms with Crippen LogP contribution in [-0.4, -0.2) is 5.78 Å². The average Bonchev–Trinajstić information content (AvgIpc) is 2.04. The Labute approximate surface area is 88.5 Å². The lowest BCUT2D eigenvalue weighted by Gasteiger charge is -2.02. The molecule has 0 aromatic heterocycles. The maximum atomic E-state index is 13.1. The second kappa shape index (κ2) is 3.83. The Bertz CT molecular complexity index is 409. The van der Waals surface area contributed by atoms with Crippen molar-refractivity contribution in [3.63, 3.8) is 0 Å². The van der Waals surface area contributed by atoms with Crippen LogP contribution in [0.5, 0.6) is 0 Å². The second-order valence-corrected chi connectivity index (χ2v) is 3.53. The highest BCUT2D eigenvalue weighted by atomic mass is 127. The smallest absolute Gasteiger partial charge is 0.163 e. The molecule has 0 aliphatic heterocycles. The molecule has 13 heavy (non-hydrogen) atoms. The summed E-state index contributed by atoms with van der Waals surface area (Å²) in [6.07, 6.45) is 0. The molecular weight excluding hydrogens is 284 g/mol. The van der Waals surface area contributed by atoms with Crippen molar-refractivity contribution in [3.05, 3.63) is 32.6 Å². The van der Waals surface area contributed by atoms with Crippen LogP contribution in [0.25, 0.3) is 0 Å². The first-order valence-electron chi connectivity index (χ1n) is 3.47. The molecule has 0 heterocycles. The zero-order valence-corrected chi connectivity index (χ0v) is 8.92. The third-order valence-corrected chi connectivity index (χ3v) is 2.68. The molecular formula is C9H5FINO. The summed E-state index contributed by atoms with van der Waals surface area (Å²) >= 11 is 1.80. The summed E-state index contributed by atoms with van der Waals surface area (Å²) in [4.78, 5) is 11.0. The first-order chi connectivity index (χ1) is 6.07. The van der Waals surface area contributed by atoms with E-state index < -0.39 is 5.82 Å². The third kappa shape index (κ3) is 1.86. The molecule has 0 fully saturated rings. The van der Waals surface area contributed by atoms with Crippen LogP contribution in [0.15, 0.2) is 12.1 Å². The van der Waals surface area contributed by atoms with Gasteiger partial charge in [0.2, 0.25) is 0 Å². The van der Waals surface area contributed by atoms with E-state index in [0.29, 0.717) is 9.13 Å². The first kappa shape index (κ1) is 10.1. The zero-order valence-electron chi connectivity index (χ0n) is 6.77. The highest BCUT2D eigenvalue weighted by Gasteiger charge is 2.14. The SMILES string of the molecule is CC(=O)c1c(F)ccc(C#N)c1I. The zero-order chi connectivity index (χ0) is 10.0. The van der Waals surface area contributed by atoms with Gasteiger partial charge in [-0.25, -0.2) is 4.39 Å². The van der Waals surface area contributed by atoms with Gasteiger partial charge in [0.05, 0.1) is 11.1 Å². The fourth-order valence-electron chi connectivity index (χ4n) is 0.962. The minimum Gasteiger partial charge on any atom is -0.294 e. The number of carbonyl (C=O) groups is 1. The quantitative estimate of drug-likeness (QED) is 0.588. The monoisotopic (exact) mass is 289 g/mol. The van der Waals surface area contributed by atoms with Gasteiger partial charge in [0.15, 0.2) is 5.78 Å². The van der Waals surface area contributed by atoms with Gasteiger partial charge >= 0.3 is 0 Å². The molecule has 4 heteroatoms. The van der Waals surface area contributed by atoms with Crippen LogP contribution in [0.3, 0.4) is 0 Å². The lowest BCUT2D eigenvalue weighted by molar-refractivity contribution is 0.101. The predicted octanol–water partition coefficient (Wildman–Crippen LogP) is 2.50. The fourth-order valence-corrected chi connectivity index (χ4v) is 1.90. The van der Waals surface area contributed by atoms with Crippen LogP contribution >= 0.6 is 22.6 Å². The predicted molar refractivity (Wildman–Crippen MR) is 53.8 cm³/mol. The average molecular weight is 289 g/mol. The van der Waals surface area contributed by atoms with Crippen LogP contribution in [-0.2, 0) is 0 Å². The van der Waals surface area contributed by atoms with Crippen LogP contribution < -0.4 is 0 Å². The molecule has 0 amide bonds. The van der Waals surface area contributed by atoms with E-state index in [0.717, 1.165) is 6.07 Å². The van der Waals surface area contributed by atoms with Gasteiger partial charge in [0, 0.05) is 3.57 Å². The third-order valence-electron chi connectivity index (χ3n) is 1.56. The van der Waals surface area contributed by atoms with Gasteiger partial charge in [0.1, 0.15) is 11.9 Å². The van der Waals surface area contributed by atoms with Gasteiger partial charge in [-0.05, 0) is 41.6 Å². The van der Waals surface area contributed by atoms with E-state index >= 15 is 0 Å². The molecule has 2 nitrogen and oxygen atoms in total. The lowest BCUT2D eigenvalue weighted by atomic mass is 10.1. The number of nitrogens with zero attached hydrogens (tertiary/aromatic N) is 1. The Morgan fingerprint density at radius 2 is 2.23 bits per heavy atom. The molecule has 1 rings (SSSR count). The second-order valence-electron chi connectivity index (χ2n) is 2.45. The van der Waals surface area contributed by atoms with Crippen molar-refractivity contribution >= 4 is 28.4 Å². The van der Waals surface area contributed by atoms with Crippen LogP contribution in [0.1, 0.15) is 22.8 Å². The fraction of sp³-hybridized carbons (Fsp3) is 0.111. The molecule has 0 bridgehead atoms. The normalized spacial score (nSPS) is 9.38. The Morgan fingerprint density at radius 1 is 1.62 bits per heavy atom. The van der Waals surface area contributed by atoms with Gasteiger partial charge in [0.25, 0.3) is 0 Å². The number of nitriles is 1. The molecule has 0 atom stereocenters. The van der Waals surface area contributed by atoms with Crippen molar-refractivity contribution in [2.45, 2.75) is 6.92 Å². The van der Waals surface area contributed by atoms with E-state index in [9.17, 15) is 9.18 Å². The summed E-state index contributed by atoms with van der Waals surface area (Å²) in [6.45, 7) is 1.28. The van der Waals surface area contributed by atoms with E-state index in [1.165, 1.54) is 13.0 Å². The van der Waals surface area contributed by atoms with Gasteiger partial charge in [-0.3, -0.25) is 4.79 Å². The largest absolute Gasteiger partial charge is 0.294 e. The summed E-state index contributed by atoms with van der Waals surface area (Å²) in [7, 11) is 0. The number of carbonyl (C=O) groups excluding carboxylic acids is 1. The van der Waals surface area contributed by atoms with Crippen molar-refractivity contribution in [1.29, 1.82) is 5.26 Å². The van der Waals surface area contributed by atoms with Gasteiger partial charge in [-0.2, -0.15) is 5.26 Å². The Morgan fingerprint density at radius 3 is 2.69 bits per heavy atom. The molecule has 0 aliphatic rings. The Balaban J connectivity index is 3.50. The number of Topliss-reactive ketones (excluding diaryl/α,β-unsaturated/α-hetero) is 1. The highest BCUT2D eigenvalue weighted by Crippen LogP contribution is 2.20. The molecule has 66 valence electrons.